The lowest BCUT2D eigenvalue weighted by molar-refractivity contribution is -0.118. The molecule has 2 aromatic carbocycles. The number of pyridine rings is 1. The molecule has 0 spiro atoms. The Labute approximate surface area is 141 Å². The van der Waals surface area contributed by atoms with Gasteiger partial charge in [0.05, 0.1) is 11.6 Å². The summed E-state index contributed by atoms with van der Waals surface area (Å²) in [5.74, 6) is 6.17. The van der Waals surface area contributed by atoms with Crippen molar-refractivity contribution in [2.75, 3.05) is 0 Å². The van der Waals surface area contributed by atoms with Crippen LogP contribution in [0.1, 0.15) is 36.1 Å². The molecule has 0 radical (unpaired) electrons. The molecule has 1 heterocycles. The van der Waals surface area contributed by atoms with Crippen LogP contribution in [0.4, 0.5) is 0 Å². The second-order valence-corrected chi connectivity index (χ2v) is 5.71. The zero-order valence-electron chi connectivity index (χ0n) is 13.4. The van der Waals surface area contributed by atoms with E-state index in [1.165, 1.54) is 6.92 Å². The third kappa shape index (κ3) is 3.87. The second kappa shape index (κ2) is 7.08. The smallest absolute Gasteiger partial charge is 0.132 e. The number of Topliss-reactive ketones (excluding diaryl/α,β-unsaturated/α-hetero) is 1. The van der Waals surface area contributed by atoms with Crippen molar-refractivity contribution >= 4 is 16.7 Å². The molecule has 0 saturated carbocycles. The zero-order chi connectivity index (χ0) is 16.9. The van der Waals surface area contributed by atoms with E-state index in [4.69, 9.17) is 0 Å². The van der Waals surface area contributed by atoms with Gasteiger partial charge in [-0.25, -0.2) is 0 Å². The van der Waals surface area contributed by atoms with Crippen LogP contribution < -0.4 is 0 Å². The Hall–Kier alpha value is -2.96. The summed E-state index contributed by atoms with van der Waals surface area (Å²) >= 11 is 0. The van der Waals surface area contributed by atoms with Crippen LogP contribution >= 0.6 is 0 Å². The van der Waals surface area contributed by atoms with Crippen LogP contribution in [0.15, 0.2) is 60.8 Å². The van der Waals surface area contributed by atoms with E-state index in [0.29, 0.717) is 0 Å². The molecule has 0 saturated heterocycles. The lowest BCUT2D eigenvalue weighted by Gasteiger charge is -2.08. The van der Waals surface area contributed by atoms with Crippen LogP contribution in [0, 0.1) is 11.8 Å². The van der Waals surface area contributed by atoms with Gasteiger partial charge in [0.25, 0.3) is 0 Å². The van der Waals surface area contributed by atoms with Crippen LogP contribution in [0.25, 0.3) is 10.9 Å². The number of nitrogens with zero attached hydrogens (tertiary/aromatic N) is 1. The van der Waals surface area contributed by atoms with Gasteiger partial charge < -0.3 is 5.11 Å². The highest BCUT2D eigenvalue weighted by atomic mass is 16.3. The van der Waals surface area contributed by atoms with Crippen LogP contribution in [0.2, 0.25) is 0 Å². The highest BCUT2D eigenvalue weighted by Gasteiger charge is 2.09. The van der Waals surface area contributed by atoms with Gasteiger partial charge in [-0.15, -0.1) is 0 Å². The predicted octanol–water partition coefficient (Wildman–Crippen LogP) is 3.65. The van der Waals surface area contributed by atoms with E-state index < -0.39 is 6.10 Å². The number of ketones is 1. The Morgan fingerprint density at radius 3 is 2.54 bits per heavy atom. The van der Waals surface area contributed by atoms with Crippen molar-refractivity contribution in [2.45, 2.75) is 19.4 Å². The first-order chi connectivity index (χ1) is 11.6. The second-order valence-electron chi connectivity index (χ2n) is 5.71. The SMILES string of the molecule is CC(=O)CC(O)c1ccc(C#Cc2cnc3ccccc3c2)cc1. The highest BCUT2D eigenvalue weighted by molar-refractivity contribution is 5.79. The van der Waals surface area contributed by atoms with Gasteiger partial charge in [0.2, 0.25) is 0 Å². The van der Waals surface area contributed by atoms with Gasteiger partial charge in [-0.1, -0.05) is 42.2 Å². The third-order valence-electron chi connectivity index (χ3n) is 3.72. The van der Waals surface area contributed by atoms with Gasteiger partial charge >= 0.3 is 0 Å². The molecule has 118 valence electrons. The van der Waals surface area contributed by atoms with E-state index in [1.54, 1.807) is 18.3 Å². The maximum absolute atomic E-state index is 11.1. The van der Waals surface area contributed by atoms with E-state index in [0.717, 1.165) is 27.6 Å². The highest BCUT2D eigenvalue weighted by Crippen LogP contribution is 2.17. The average molecular weight is 315 g/mol. The van der Waals surface area contributed by atoms with Crippen LogP contribution in [0.5, 0.6) is 0 Å². The molecule has 0 aliphatic carbocycles. The summed E-state index contributed by atoms with van der Waals surface area (Å²) in [6.07, 6.45) is 1.14. The molecule has 3 heteroatoms. The molecule has 0 aliphatic heterocycles. The summed E-state index contributed by atoms with van der Waals surface area (Å²) in [6.45, 7) is 1.47. The van der Waals surface area contributed by atoms with Crippen molar-refractivity contribution in [3.63, 3.8) is 0 Å². The Balaban J connectivity index is 1.78. The van der Waals surface area contributed by atoms with Crippen molar-refractivity contribution in [2.24, 2.45) is 0 Å². The minimum Gasteiger partial charge on any atom is -0.388 e. The number of para-hydroxylation sites is 1. The lowest BCUT2D eigenvalue weighted by atomic mass is 10.0. The molecule has 24 heavy (non-hydrogen) atoms. The van der Waals surface area contributed by atoms with Crippen molar-refractivity contribution in [1.82, 2.24) is 4.98 Å². The molecule has 3 aromatic rings. The van der Waals surface area contributed by atoms with Crippen LogP contribution in [-0.2, 0) is 4.79 Å². The number of aromatic nitrogens is 1. The summed E-state index contributed by atoms with van der Waals surface area (Å²) in [5, 5.41) is 11.0. The molecule has 1 atom stereocenters. The fraction of sp³-hybridized carbons (Fsp3) is 0.143. The van der Waals surface area contributed by atoms with Gasteiger partial charge in [-0.2, -0.15) is 0 Å². The summed E-state index contributed by atoms with van der Waals surface area (Å²) in [4.78, 5) is 15.4. The summed E-state index contributed by atoms with van der Waals surface area (Å²) in [6, 6.07) is 17.2. The van der Waals surface area contributed by atoms with Crippen LogP contribution in [-0.4, -0.2) is 15.9 Å². The molecule has 0 bridgehead atoms. The Morgan fingerprint density at radius 1 is 1.08 bits per heavy atom. The summed E-state index contributed by atoms with van der Waals surface area (Å²) in [7, 11) is 0. The number of fused-ring (bicyclic) bond motifs is 1. The van der Waals surface area contributed by atoms with E-state index >= 15 is 0 Å². The van der Waals surface area contributed by atoms with E-state index in [1.807, 2.05) is 42.5 Å². The number of aliphatic hydroxyl groups is 1. The standard InChI is InChI=1S/C21H17NO2/c1-15(23)12-21(24)18-10-8-16(9-11-18)6-7-17-13-19-4-2-3-5-20(19)22-14-17/h2-5,8-11,13-14,21,24H,12H2,1H3. The molecule has 0 fully saturated rings. The fourth-order valence-electron chi connectivity index (χ4n) is 2.46. The quantitative estimate of drug-likeness (QED) is 0.751. The number of hydrogen-bond acceptors (Lipinski definition) is 3. The Kier molecular flexibility index (Phi) is 4.69. The molecular weight excluding hydrogens is 298 g/mol. The third-order valence-corrected chi connectivity index (χ3v) is 3.72. The lowest BCUT2D eigenvalue weighted by Crippen LogP contribution is -2.02. The van der Waals surface area contributed by atoms with Gasteiger partial charge in [-0.3, -0.25) is 9.78 Å². The van der Waals surface area contributed by atoms with Crippen molar-refractivity contribution < 1.29 is 9.90 Å². The molecular formula is C21H17NO2. The number of aliphatic hydroxyl groups excluding tert-OH is 1. The molecule has 3 rings (SSSR count). The minimum absolute atomic E-state index is 0.0322. The number of benzene rings is 2. The van der Waals surface area contributed by atoms with Crippen molar-refractivity contribution in [3.05, 3.63) is 77.5 Å². The van der Waals surface area contributed by atoms with E-state index in [-0.39, 0.29) is 12.2 Å². The first-order valence-electron chi connectivity index (χ1n) is 7.76. The molecule has 1 aromatic heterocycles. The molecule has 0 amide bonds. The van der Waals surface area contributed by atoms with Gasteiger partial charge in [0, 0.05) is 29.1 Å². The topological polar surface area (TPSA) is 50.2 Å². The molecule has 0 aliphatic rings. The monoisotopic (exact) mass is 315 g/mol. The van der Waals surface area contributed by atoms with Gasteiger partial charge in [-0.05, 0) is 36.8 Å². The van der Waals surface area contributed by atoms with Crippen molar-refractivity contribution in [1.29, 1.82) is 0 Å². The number of hydrogen-bond donors (Lipinski definition) is 1. The maximum Gasteiger partial charge on any atom is 0.132 e. The molecule has 1 N–H and O–H groups in total. The Bertz CT molecular complexity index is 933. The fourth-order valence-corrected chi connectivity index (χ4v) is 2.46. The van der Waals surface area contributed by atoms with Gasteiger partial charge in [0.15, 0.2) is 0 Å². The number of carbonyl (C=O) groups is 1. The minimum atomic E-state index is -0.755. The first kappa shape index (κ1) is 15.9. The number of rotatable bonds is 3. The largest absolute Gasteiger partial charge is 0.388 e. The van der Waals surface area contributed by atoms with Gasteiger partial charge in [0.1, 0.15) is 5.78 Å². The van der Waals surface area contributed by atoms with E-state index in [9.17, 15) is 9.90 Å². The average Bonchev–Trinajstić information content (AvgIpc) is 2.59. The summed E-state index contributed by atoms with van der Waals surface area (Å²) in [5.41, 5.74) is 3.38. The zero-order valence-corrected chi connectivity index (χ0v) is 13.4. The summed E-state index contributed by atoms with van der Waals surface area (Å²) < 4.78 is 0. The first-order valence-corrected chi connectivity index (χ1v) is 7.76. The molecule has 3 nitrogen and oxygen atoms in total. The van der Waals surface area contributed by atoms with Crippen LogP contribution in [0.3, 0.4) is 0 Å². The van der Waals surface area contributed by atoms with Crippen molar-refractivity contribution in [3.8, 4) is 11.8 Å². The maximum atomic E-state index is 11.1. The Morgan fingerprint density at radius 2 is 1.79 bits per heavy atom. The van der Waals surface area contributed by atoms with E-state index in [2.05, 4.69) is 16.8 Å². The molecule has 1 unspecified atom stereocenters. The normalized spacial score (nSPS) is 11.6. The predicted molar refractivity (Wildman–Crippen MR) is 94.4 cm³/mol. The number of carbonyl (C=O) groups excluding carboxylic acids is 1.